The van der Waals surface area contributed by atoms with E-state index in [4.69, 9.17) is 18.9 Å². The Bertz CT molecular complexity index is 1170. The van der Waals surface area contributed by atoms with E-state index in [1.54, 1.807) is 48.5 Å². The number of rotatable bonds is 11. The summed E-state index contributed by atoms with van der Waals surface area (Å²) < 4.78 is 21.9. The van der Waals surface area contributed by atoms with Gasteiger partial charge in [0.1, 0.15) is 11.5 Å². The monoisotopic (exact) mass is 476 g/mol. The van der Waals surface area contributed by atoms with Crippen LogP contribution >= 0.6 is 0 Å². The van der Waals surface area contributed by atoms with E-state index in [9.17, 15) is 9.59 Å². The number of hydrogen-bond donors (Lipinski definition) is 1. The smallest absolute Gasteiger partial charge is 0.343 e. The van der Waals surface area contributed by atoms with E-state index in [-0.39, 0.29) is 12.4 Å². The zero-order valence-electron chi connectivity index (χ0n) is 19.9. The number of benzene rings is 3. The number of nitrogens with one attached hydrogen (secondary N) is 1. The minimum atomic E-state index is -0.521. The highest BCUT2D eigenvalue weighted by Crippen LogP contribution is 2.28. The first-order valence-electron chi connectivity index (χ1n) is 11.1. The maximum Gasteiger partial charge on any atom is 0.343 e. The first-order valence-corrected chi connectivity index (χ1v) is 11.1. The van der Waals surface area contributed by atoms with Gasteiger partial charge in [-0.15, -0.1) is 0 Å². The number of hydrazone groups is 1. The molecule has 8 nitrogen and oxygen atoms in total. The molecule has 3 rings (SSSR count). The van der Waals surface area contributed by atoms with Crippen LogP contribution in [0.2, 0.25) is 0 Å². The molecule has 0 aliphatic rings. The number of carbonyl (C=O) groups excluding carboxylic acids is 2. The molecule has 0 aliphatic heterocycles. The molecular weight excluding hydrogens is 448 g/mol. The average Bonchev–Trinajstić information content (AvgIpc) is 2.88. The Kier molecular flexibility index (Phi) is 9.24. The molecule has 0 bridgehead atoms. The van der Waals surface area contributed by atoms with Crippen LogP contribution in [0.4, 0.5) is 0 Å². The number of carbonyl (C=O) groups is 2. The van der Waals surface area contributed by atoms with Crippen LogP contribution in [0.25, 0.3) is 0 Å². The summed E-state index contributed by atoms with van der Waals surface area (Å²) in [7, 11) is 1.47. The summed E-state index contributed by atoms with van der Waals surface area (Å²) in [5.41, 5.74) is 4.38. The van der Waals surface area contributed by atoms with Crippen molar-refractivity contribution in [3.63, 3.8) is 0 Å². The van der Waals surface area contributed by atoms with Gasteiger partial charge < -0.3 is 18.9 Å². The van der Waals surface area contributed by atoms with E-state index >= 15 is 0 Å². The Hall–Kier alpha value is -4.33. The van der Waals surface area contributed by atoms with Crippen LogP contribution in [-0.4, -0.2) is 38.4 Å². The highest BCUT2D eigenvalue weighted by molar-refractivity contribution is 5.92. The van der Waals surface area contributed by atoms with Crippen LogP contribution in [-0.2, 0) is 4.79 Å². The van der Waals surface area contributed by atoms with Crippen LogP contribution in [0, 0.1) is 6.92 Å². The van der Waals surface area contributed by atoms with Crippen LogP contribution in [0.5, 0.6) is 23.0 Å². The summed E-state index contributed by atoms with van der Waals surface area (Å²) in [6.45, 7) is 4.38. The summed E-state index contributed by atoms with van der Waals surface area (Å²) in [5, 5.41) is 3.94. The second-order valence-corrected chi connectivity index (χ2v) is 7.52. The molecule has 35 heavy (non-hydrogen) atoms. The van der Waals surface area contributed by atoms with Gasteiger partial charge in [-0.2, -0.15) is 5.10 Å². The van der Waals surface area contributed by atoms with Gasteiger partial charge in [-0.25, -0.2) is 10.2 Å². The topological polar surface area (TPSA) is 95.5 Å². The first-order chi connectivity index (χ1) is 17.0. The van der Waals surface area contributed by atoms with E-state index in [0.29, 0.717) is 35.0 Å². The minimum absolute atomic E-state index is 0.161. The van der Waals surface area contributed by atoms with Gasteiger partial charge in [-0.1, -0.05) is 25.1 Å². The molecule has 0 aliphatic carbocycles. The van der Waals surface area contributed by atoms with Crippen molar-refractivity contribution in [1.82, 2.24) is 5.43 Å². The van der Waals surface area contributed by atoms with Gasteiger partial charge in [-0.05, 0) is 73.0 Å². The van der Waals surface area contributed by atoms with Crippen LogP contribution in [0.3, 0.4) is 0 Å². The molecule has 3 aromatic rings. The molecule has 1 N–H and O–H groups in total. The minimum Gasteiger partial charge on any atom is -0.494 e. The Morgan fingerprint density at radius 2 is 1.71 bits per heavy atom. The highest BCUT2D eigenvalue weighted by Gasteiger charge is 2.13. The number of esters is 1. The molecule has 3 aromatic carbocycles. The van der Waals surface area contributed by atoms with E-state index in [0.717, 1.165) is 12.0 Å². The molecular formula is C27H28N2O6. The van der Waals surface area contributed by atoms with E-state index in [2.05, 4.69) is 10.5 Å². The van der Waals surface area contributed by atoms with Gasteiger partial charge >= 0.3 is 5.97 Å². The lowest BCUT2D eigenvalue weighted by Crippen LogP contribution is -2.24. The Morgan fingerprint density at radius 1 is 0.943 bits per heavy atom. The highest BCUT2D eigenvalue weighted by atomic mass is 16.6. The van der Waals surface area contributed by atoms with Gasteiger partial charge in [0, 0.05) is 0 Å². The Labute approximate surface area is 204 Å². The number of aryl methyl sites for hydroxylation is 1. The second-order valence-electron chi connectivity index (χ2n) is 7.52. The number of ether oxygens (including phenoxy) is 4. The molecule has 0 fully saturated rings. The second kappa shape index (κ2) is 12.8. The van der Waals surface area contributed by atoms with E-state index < -0.39 is 11.9 Å². The molecule has 0 aromatic heterocycles. The normalized spacial score (nSPS) is 10.6. The lowest BCUT2D eigenvalue weighted by Gasteiger charge is -2.10. The molecule has 8 heteroatoms. The summed E-state index contributed by atoms with van der Waals surface area (Å²) >= 11 is 0. The van der Waals surface area contributed by atoms with Crippen LogP contribution in [0.15, 0.2) is 71.8 Å². The predicted molar refractivity (Wildman–Crippen MR) is 133 cm³/mol. The van der Waals surface area contributed by atoms with Crippen molar-refractivity contribution in [1.29, 1.82) is 0 Å². The number of methoxy groups -OCH3 is 1. The van der Waals surface area contributed by atoms with Gasteiger partial charge in [-0.3, -0.25) is 4.79 Å². The van der Waals surface area contributed by atoms with Gasteiger partial charge in [0.25, 0.3) is 5.91 Å². The van der Waals surface area contributed by atoms with Gasteiger partial charge in [0.05, 0.1) is 25.5 Å². The zero-order chi connectivity index (χ0) is 25.0. The summed E-state index contributed by atoms with van der Waals surface area (Å²) in [5.74, 6) is 1.03. The van der Waals surface area contributed by atoms with E-state index in [1.165, 1.54) is 13.3 Å². The third kappa shape index (κ3) is 7.60. The number of amides is 1. The Balaban J connectivity index is 1.55. The summed E-state index contributed by atoms with van der Waals surface area (Å²) in [6, 6.07) is 19.1. The number of para-hydroxylation sites is 1. The zero-order valence-corrected chi connectivity index (χ0v) is 19.9. The SMILES string of the molecule is CCCOc1ccc(C(=O)Oc2ccc(/C=N/NC(=O)COc3ccccc3C)cc2OC)cc1. The van der Waals surface area contributed by atoms with Crippen LogP contribution in [0.1, 0.15) is 34.8 Å². The quantitative estimate of drug-likeness (QED) is 0.189. The molecule has 0 saturated carbocycles. The average molecular weight is 477 g/mol. The standard InChI is InChI=1S/C27H28N2O6/c1-4-15-33-22-12-10-21(11-13-22)27(31)35-24-14-9-20(16-25(24)32-3)17-28-29-26(30)18-34-23-8-6-5-7-19(23)2/h5-14,16-17H,4,15,18H2,1-3H3,(H,29,30)/b28-17+. The fraction of sp³-hybridized carbons (Fsp3) is 0.222. The van der Waals surface area contributed by atoms with Crippen molar-refractivity contribution in [3.05, 3.63) is 83.4 Å². The Morgan fingerprint density at radius 3 is 2.43 bits per heavy atom. The van der Waals surface area contributed by atoms with Gasteiger partial charge in [0.2, 0.25) is 0 Å². The van der Waals surface area contributed by atoms with E-state index in [1.807, 2.05) is 32.0 Å². The fourth-order valence-corrected chi connectivity index (χ4v) is 2.99. The molecule has 0 unspecified atom stereocenters. The van der Waals surface area contributed by atoms with Crippen molar-refractivity contribution in [2.24, 2.45) is 5.10 Å². The van der Waals surface area contributed by atoms with Crippen molar-refractivity contribution in [2.75, 3.05) is 20.3 Å². The molecule has 0 atom stereocenters. The lowest BCUT2D eigenvalue weighted by molar-refractivity contribution is -0.123. The van der Waals surface area contributed by atoms with Crippen molar-refractivity contribution >= 4 is 18.1 Å². The molecule has 0 saturated heterocycles. The summed E-state index contributed by atoms with van der Waals surface area (Å²) in [4.78, 5) is 24.5. The van der Waals surface area contributed by atoms with Crippen molar-refractivity contribution in [2.45, 2.75) is 20.3 Å². The van der Waals surface area contributed by atoms with Crippen LogP contribution < -0.4 is 24.4 Å². The largest absolute Gasteiger partial charge is 0.494 e. The molecule has 0 radical (unpaired) electrons. The fourth-order valence-electron chi connectivity index (χ4n) is 2.99. The number of hydrogen-bond acceptors (Lipinski definition) is 7. The first kappa shape index (κ1) is 25.3. The third-order valence-electron chi connectivity index (χ3n) is 4.81. The predicted octanol–water partition coefficient (Wildman–Crippen LogP) is 4.54. The molecule has 1 amide bonds. The van der Waals surface area contributed by atoms with Crippen molar-refractivity contribution in [3.8, 4) is 23.0 Å². The maximum atomic E-state index is 12.5. The molecule has 0 heterocycles. The number of nitrogens with zero attached hydrogens (tertiary/aromatic N) is 1. The molecule has 182 valence electrons. The summed E-state index contributed by atoms with van der Waals surface area (Å²) in [6.07, 6.45) is 2.36. The van der Waals surface area contributed by atoms with Gasteiger partial charge in [0.15, 0.2) is 18.1 Å². The van der Waals surface area contributed by atoms with Crippen molar-refractivity contribution < 1.29 is 28.5 Å². The third-order valence-corrected chi connectivity index (χ3v) is 4.81. The lowest BCUT2D eigenvalue weighted by atomic mass is 10.2. The molecule has 0 spiro atoms. The maximum absolute atomic E-state index is 12.5.